The van der Waals surface area contributed by atoms with E-state index in [9.17, 15) is 0 Å². The molecule has 0 fully saturated rings. The maximum atomic E-state index is 9.12. The van der Waals surface area contributed by atoms with Crippen LogP contribution in [0.1, 0.15) is 0 Å². The number of hydrogen-bond acceptors (Lipinski definition) is 2. The van der Waals surface area contributed by atoms with Crippen molar-refractivity contribution in [3.8, 4) is 0 Å². The predicted molar refractivity (Wildman–Crippen MR) is 27.9 cm³/mol. The van der Waals surface area contributed by atoms with Gasteiger partial charge in [-0.3, -0.25) is 0 Å². The smallest absolute Gasteiger partial charge is 0.346 e. The van der Waals surface area contributed by atoms with Gasteiger partial charge in [-0.2, -0.15) is 0 Å². The van der Waals surface area contributed by atoms with Crippen molar-refractivity contribution < 1.29 is 9.90 Å². The van der Waals surface area contributed by atoms with Crippen LogP contribution in [-0.2, 0) is 4.79 Å². The monoisotopic (exact) mass is 119 g/mol. The molecule has 0 aromatic carbocycles. The van der Waals surface area contributed by atoms with Crippen LogP contribution in [0, 0.1) is 5.41 Å². The first-order chi connectivity index (χ1) is 2.27. The van der Waals surface area contributed by atoms with Crippen LogP contribution in [0.25, 0.3) is 0 Å². The zero-order valence-corrected chi connectivity index (χ0v) is 8.43. The van der Waals surface area contributed by atoms with Gasteiger partial charge >= 0.3 is 5.97 Å². The Kier molecular flexibility index (Phi) is 22.9. The Hall–Kier alpha value is 1.14. The summed E-state index contributed by atoms with van der Waals surface area (Å²) in [5.74, 6) is -1.20. The first kappa shape index (κ1) is 15.7. The number of carboxylic acid groups (broad SMARTS) is 1. The van der Waals surface area contributed by atoms with E-state index in [0.717, 1.165) is 0 Å². The number of hydrogen-bond donors (Lipinski definition) is 2. The molecule has 0 bridgehead atoms. The van der Waals surface area contributed by atoms with Gasteiger partial charge < -0.3 is 10.5 Å². The van der Waals surface area contributed by atoms with Crippen LogP contribution in [0.4, 0.5) is 0 Å². The third-order valence-electron chi connectivity index (χ3n) is 0.123. The maximum Gasteiger partial charge on any atom is 0.346 e. The molecular weight excluding hydrogens is 116 g/mol. The minimum Gasteiger partial charge on any atom is -0.477 e. The Morgan fingerprint density at radius 1 is 1.57 bits per heavy atom. The van der Waals surface area contributed by atoms with E-state index in [4.69, 9.17) is 15.3 Å². The van der Waals surface area contributed by atoms with E-state index in [0.29, 0.717) is 6.21 Å². The number of aliphatic carboxylic acids is 1. The summed E-state index contributed by atoms with van der Waals surface area (Å²) in [5.41, 5.74) is 0. The fraction of sp³-hybridized carbons (Fsp3) is 0. The largest absolute Gasteiger partial charge is 0.477 e. The first-order valence-electron chi connectivity index (χ1n) is 1.01. The Morgan fingerprint density at radius 3 is 1.71 bits per heavy atom. The normalized spacial score (nSPS) is 4.57. The van der Waals surface area contributed by atoms with E-state index in [1.54, 1.807) is 0 Å². The summed E-state index contributed by atoms with van der Waals surface area (Å²) in [4.78, 5) is 9.12. The van der Waals surface area contributed by atoms with Crippen LogP contribution in [0.15, 0.2) is 0 Å². The molecule has 0 aliphatic rings. The molecule has 0 amide bonds. The molecule has 0 aliphatic carbocycles. The van der Waals surface area contributed by atoms with Crippen LogP contribution in [-0.4, -0.2) is 76.4 Å². The van der Waals surface area contributed by atoms with Crippen molar-refractivity contribution in [1.82, 2.24) is 0 Å². The molecule has 30 valence electrons. The summed E-state index contributed by atoms with van der Waals surface area (Å²) in [6.45, 7) is 0. The van der Waals surface area contributed by atoms with E-state index < -0.39 is 5.97 Å². The van der Waals surface area contributed by atoms with Gasteiger partial charge in [-0.15, -0.1) is 0 Å². The number of carboxylic acids is 1. The third kappa shape index (κ3) is 19.1. The second-order valence-corrected chi connectivity index (χ2v) is 0.483. The molecule has 0 aliphatic heterocycles. The molecule has 2 radical (unpaired) electrons. The van der Waals surface area contributed by atoms with Gasteiger partial charge in [-0.1, -0.05) is 0 Å². The van der Waals surface area contributed by atoms with E-state index in [1.165, 1.54) is 0 Å². The Balaban J connectivity index is -0.0000000800. The molecule has 0 spiro atoms. The van der Waals surface area contributed by atoms with Crippen molar-refractivity contribution in [2.45, 2.75) is 0 Å². The molecule has 2 N–H and O–H groups in total. The standard InChI is InChI=1S/C2H3NO2.2Na/c3-1-2(4)5;;/h1,3H,(H,4,5);;. The van der Waals surface area contributed by atoms with Gasteiger partial charge in [-0.25, -0.2) is 4.79 Å². The molecule has 0 atom stereocenters. The van der Waals surface area contributed by atoms with Gasteiger partial charge in [-0.05, 0) is 0 Å². The van der Waals surface area contributed by atoms with Crippen molar-refractivity contribution in [3.63, 3.8) is 0 Å². The second-order valence-electron chi connectivity index (χ2n) is 0.483. The Labute approximate surface area is 85.6 Å². The van der Waals surface area contributed by atoms with E-state index >= 15 is 0 Å². The average Bonchev–Trinajstić information content (AvgIpc) is 1.38. The van der Waals surface area contributed by atoms with E-state index in [-0.39, 0.29) is 59.1 Å². The third-order valence-corrected chi connectivity index (χ3v) is 0.123. The molecular formula is C2H3NNa2O2. The topological polar surface area (TPSA) is 61.2 Å². The maximum absolute atomic E-state index is 9.12. The van der Waals surface area contributed by atoms with Crippen LogP contribution in [0.2, 0.25) is 0 Å². The summed E-state index contributed by atoms with van der Waals surface area (Å²) in [6, 6.07) is 0. The van der Waals surface area contributed by atoms with Crippen LogP contribution in [0.5, 0.6) is 0 Å². The molecule has 3 nitrogen and oxygen atoms in total. The van der Waals surface area contributed by atoms with E-state index in [1.807, 2.05) is 0 Å². The fourth-order valence-corrected chi connectivity index (χ4v) is 0. The summed E-state index contributed by atoms with van der Waals surface area (Å²) in [6.07, 6.45) is 0.333. The zero-order chi connectivity index (χ0) is 4.28. The van der Waals surface area contributed by atoms with Crippen molar-refractivity contribution in [1.29, 1.82) is 5.41 Å². The Bertz CT molecular complexity index is 64.7. The fourth-order valence-electron chi connectivity index (χ4n) is 0. The van der Waals surface area contributed by atoms with Gasteiger partial charge in [0.25, 0.3) is 0 Å². The van der Waals surface area contributed by atoms with Crippen molar-refractivity contribution in [3.05, 3.63) is 0 Å². The molecule has 0 aromatic rings. The second kappa shape index (κ2) is 10.2. The molecule has 5 heteroatoms. The number of nitrogens with one attached hydrogen (secondary N) is 1. The Morgan fingerprint density at radius 2 is 1.71 bits per heavy atom. The molecule has 0 unspecified atom stereocenters. The molecule has 0 rings (SSSR count). The predicted octanol–water partition coefficient (Wildman–Crippen LogP) is -1.04. The number of carbonyl (C=O) groups is 1. The number of rotatable bonds is 1. The van der Waals surface area contributed by atoms with Gasteiger partial charge in [0.2, 0.25) is 0 Å². The molecule has 0 aromatic heterocycles. The summed E-state index contributed by atoms with van der Waals surface area (Å²) in [5, 5.41) is 13.4. The zero-order valence-electron chi connectivity index (χ0n) is 4.43. The minimum atomic E-state index is -1.20. The summed E-state index contributed by atoms with van der Waals surface area (Å²) in [7, 11) is 0. The van der Waals surface area contributed by atoms with Crippen LogP contribution in [0.3, 0.4) is 0 Å². The van der Waals surface area contributed by atoms with Crippen molar-refractivity contribution in [2.24, 2.45) is 0 Å². The van der Waals surface area contributed by atoms with Gasteiger partial charge in [0.05, 0.1) is 0 Å². The molecule has 0 saturated heterocycles. The molecule has 0 saturated carbocycles. The SMILES string of the molecule is N=CC(=O)O.[Na].[Na]. The molecule has 7 heavy (non-hydrogen) atoms. The van der Waals surface area contributed by atoms with Gasteiger partial charge in [0.15, 0.2) is 0 Å². The minimum absolute atomic E-state index is 0. The summed E-state index contributed by atoms with van der Waals surface area (Å²) < 4.78 is 0. The average molecular weight is 119 g/mol. The quantitative estimate of drug-likeness (QED) is 0.342. The van der Waals surface area contributed by atoms with Crippen LogP contribution >= 0.6 is 0 Å². The summed E-state index contributed by atoms with van der Waals surface area (Å²) >= 11 is 0. The van der Waals surface area contributed by atoms with Crippen molar-refractivity contribution in [2.75, 3.05) is 0 Å². The molecule has 0 heterocycles. The van der Waals surface area contributed by atoms with E-state index in [2.05, 4.69) is 0 Å². The van der Waals surface area contributed by atoms with Gasteiger partial charge in [0.1, 0.15) is 6.21 Å². The first-order valence-corrected chi connectivity index (χ1v) is 1.01. The van der Waals surface area contributed by atoms with Gasteiger partial charge in [0, 0.05) is 59.1 Å². The van der Waals surface area contributed by atoms with Crippen molar-refractivity contribution >= 4 is 71.3 Å². The van der Waals surface area contributed by atoms with Crippen LogP contribution < -0.4 is 0 Å².